The molecule has 0 spiro atoms. The van der Waals surface area contributed by atoms with E-state index in [0.29, 0.717) is 24.0 Å². The highest BCUT2D eigenvalue weighted by Crippen LogP contribution is 2.45. The molecular formula is C14H19ClO3. The van der Waals surface area contributed by atoms with Gasteiger partial charge in [-0.15, -0.1) is 0 Å². The van der Waals surface area contributed by atoms with Crippen LogP contribution < -0.4 is 9.47 Å². The summed E-state index contributed by atoms with van der Waals surface area (Å²) in [4.78, 5) is 0. The number of fused-ring (bicyclic) bond motifs is 1. The lowest BCUT2D eigenvalue weighted by molar-refractivity contribution is 0.196. The molecule has 1 atom stereocenters. The SMILES string of the molecule is CC(C)c1c2c(cc(Cl)c1C(C)O)OCCCO2. The average molecular weight is 271 g/mol. The molecule has 4 heteroatoms. The van der Waals surface area contributed by atoms with Crippen LogP contribution in [-0.4, -0.2) is 18.3 Å². The number of benzene rings is 1. The molecule has 1 N–H and O–H groups in total. The normalized spacial score (nSPS) is 16.6. The Bertz CT molecular complexity index is 441. The fourth-order valence-corrected chi connectivity index (χ4v) is 2.67. The van der Waals surface area contributed by atoms with Crippen molar-refractivity contribution in [2.75, 3.05) is 13.2 Å². The molecule has 0 fully saturated rings. The van der Waals surface area contributed by atoms with Crippen LogP contribution in [0, 0.1) is 0 Å². The summed E-state index contributed by atoms with van der Waals surface area (Å²) in [5, 5.41) is 10.5. The molecule has 1 unspecified atom stereocenters. The van der Waals surface area contributed by atoms with E-state index in [1.165, 1.54) is 0 Å². The maximum Gasteiger partial charge on any atom is 0.165 e. The van der Waals surface area contributed by atoms with Crippen molar-refractivity contribution in [3.63, 3.8) is 0 Å². The van der Waals surface area contributed by atoms with Crippen LogP contribution >= 0.6 is 11.6 Å². The molecule has 1 aromatic rings. The van der Waals surface area contributed by atoms with Crippen molar-refractivity contribution >= 4 is 11.6 Å². The molecule has 0 bridgehead atoms. The summed E-state index contributed by atoms with van der Waals surface area (Å²) in [6.07, 6.45) is 0.237. The molecule has 1 heterocycles. The highest BCUT2D eigenvalue weighted by molar-refractivity contribution is 6.31. The minimum atomic E-state index is -0.618. The molecule has 18 heavy (non-hydrogen) atoms. The Balaban J connectivity index is 2.66. The molecule has 0 aliphatic carbocycles. The Hall–Kier alpha value is -0.930. The van der Waals surface area contributed by atoms with Crippen molar-refractivity contribution in [1.29, 1.82) is 0 Å². The quantitative estimate of drug-likeness (QED) is 0.891. The monoisotopic (exact) mass is 270 g/mol. The van der Waals surface area contributed by atoms with Crippen LogP contribution in [0.2, 0.25) is 5.02 Å². The first kappa shape index (κ1) is 13.5. The van der Waals surface area contributed by atoms with Crippen LogP contribution in [-0.2, 0) is 0 Å². The second kappa shape index (κ2) is 5.37. The average Bonchev–Trinajstić information content (AvgIpc) is 2.51. The lowest BCUT2D eigenvalue weighted by atomic mass is 9.92. The molecule has 2 rings (SSSR count). The largest absolute Gasteiger partial charge is 0.489 e. The third-order valence-electron chi connectivity index (χ3n) is 3.06. The van der Waals surface area contributed by atoms with E-state index >= 15 is 0 Å². The van der Waals surface area contributed by atoms with Crippen molar-refractivity contribution < 1.29 is 14.6 Å². The Morgan fingerprint density at radius 2 is 1.83 bits per heavy atom. The molecule has 100 valence electrons. The molecule has 0 radical (unpaired) electrons. The van der Waals surface area contributed by atoms with Crippen LogP contribution in [0.25, 0.3) is 0 Å². The van der Waals surface area contributed by atoms with E-state index in [-0.39, 0.29) is 5.92 Å². The fourth-order valence-electron chi connectivity index (χ4n) is 2.31. The highest BCUT2D eigenvalue weighted by Gasteiger charge is 2.25. The van der Waals surface area contributed by atoms with Gasteiger partial charge < -0.3 is 14.6 Å². The van der Waals surface area contributed by atoms with Crippen molar-refractivity contribution in [3.8, 4) is 11.5 Å². The summed E-state index contributed by atoms with van der Waals surface area (Å²) in [5.41, 5.74) is 1.70. The zero-order chi connectivity index (χ0) is 13.3. The fraction of sp³-hybridized carbons (Fsp3) is 0.571. The molecule has 3 nitrogen and oxygen atoms in total. The number of ether oxygens (including phenoxy) is 2. The zero-order valence-electron chi connectivity index (χ0n) is 11.0. The summed E-state index contributed by atoms with van der Waals surface area (Å²) in [6, 6.07) is 1.75. The number of halogens is 1. The van der Waals surface area contributed by atoms with Crippen LogP contribution in [0.3, 0.4) is 0 Å². The van der Waals surface area contributed by atoms with Gasteiger partial charge in [-0.05, 0) is 12.8 Å². The molecule has 0 saturated heterocycles. The lowest BCUT2D eigenvalue weighted by Crippen LogP contribution is -2.06. The molecule has 1 aromatic carbocycles. The van der Waals surface area contributed by atoms with Gasteiger partial charge in [-0.3, -0.25) is 0 Å². The third-order valence-corrected chi connectivity index (χ3v) is 3.37. The summed E-state index contributed by atoms with van der Waals surface area (Å²) >= 11 is 6.26. The minimum Gasteiger partial charge on any atom is -0.489 e. The maximum atomic E-state index is 9.93. The number of hydrogen-bond donors (Lipinski definition) is 1. The molecule has 1 aliphatic heterocycles. The highest BCUT2D eigenvalue weighted by atomic mass is 35.5. The predicted octanol–water partition coefficient (Wildman–Crippen LogP) is 3.68. The van der Waals surface area contributed by atoms with Crippen LogP contribution in [0.1, 0.15) is 50.3 Å². The summed E-state index contributed by atoms with van der Waals surface area (Å²) in [7, 11) is 0. The van der Waals surface area contributed by atoms with E-state index in [1.807, 2.05) is 0 Å². The van der Waals surface area contributed by atoms with Gasteiger partial charge in [0.2, 0.25) is 0 Å². The number of aliphatic hydroxyl groups is 1. The Morgan fingerprint density at radius 3 is 2.44 bits per heavy atom. The summed E-state index contributed by atoms with van der Waals surface area (Å²) in [5.74, 6) is 1.64. The van der Waals surface area contributed by atoms with Gasteiger partial charge in [0.25, 0.3) is 0 Å². The Labute approximate surface area is 113 Å². The van der Waals surface area contributed by atoms with E-state index in [2.05, 4.69) is 13.8 Å². The second-order valence-corrected chi connectivity index (χ2v) is 5.30. The van der Waals surface area contributed by atoms with E-state index in [1.54, 1.807) is 13.0 Å². The molecule has 0 amide bonds. The van der Waals surface area contributed by atoms with E-state index in [4.69, 9.17) is 21.1 Å². The molecule has 0 saturated carbocycles. The van der Waals surface area contributed by atoms with Gasteiger partial charge in [0.05, 0.1) is 24.3 Å². The standard InChI is InChI=1S/C14H19ClO3/c1-8(2)12-13(9(3)16)10(15)7-11-14(12)18-6-4-5-17-11/h7-9,16H,4-6H2,1-3H3. The summed E-state index contributed by atoms with van der Waals surface area (Å²) in [6.45, 7) is 7.11. The Morgan fingerprint density at radius 1 is 1.17 bits per heavy atom. The zero-order valence-corrected chi connectivity index (χ0v) is 11.8. The van der Waals surface area contributed by atoms with E-state index in [9.17, 15) is 5.11 Å². The van der Waals surface area contributed by atoms with Gasteiger partial charge in [0.1, 0.15) is 0 Å². The minimum absolute atomic E-state index is 0.212. The van der Waals surface area contributed by atoms with Crippen molar-refractivity contribution in [2.45, 2.75) is 39.2 Å². The van der Waals surface area contributed by atoms with Gasteiger partial charge in [-0.25, -0.2) is 0 Å². The van der Waals surface area contributed by atoms with Crippen LogP contribution in [0.15, 0.2) is 6.07 Å². The first-order valence-electron chi connectivity index (χ1n) is 6.32. The van der Waals surface area contributed by atoms with Gasteiger partial charge in [0.15, 0.2) is 11.5 Å². The number of hydrogen-bond acceptors (Lipinski definition) is 3. The second-order valence-electron chi connectivity index (χ2n) is 4.89. The summed E-state index contributed by atoms with van der Waals surface area (Å²) < 4.78 is 11.5. The molecule has 0 aromatic heterocycles. The topological polar surface area (TPSA) is 38.7 Å². The van der Waals surface area contributed by atoms with Crippen molar-refractivity contribution in [2.24, 2.45) is 0 Å². The van der Waals surface area contributed by atoms with Gasteiger partial charge in [-0.1, -0.05) is 25.4 Å². The predicted molar refractivity (Wildman–Crippen MR) is 71.8 cm³/mol. The van der Waals surface area contributed by atoms with Crippen LogP contribution in [0.5, 0.6) is 11.5 Å². The maximum absolute atomic E-state index is 9.93. The first-order chi connectivity index (χ1) is 8.52. The lowest BCUT2D eigenvalue weighted by Gasteiger charge is -2.22. The van der Waals surface area contributed by atoms with Crippen LogP contribution in [0.4, 0.5) is 0 Å². The first-order valence-corrected chi connectivity index (χ1v) is 6.70. The van der Waals surface area contributed by atoms with Gasteiger partial charge in [-0.2, -0.15) is 0 Å². The smallest absolute Gasteiger partial charge is 0.165 e. The van der Waals surface area contributed by atoms with Gasteiger partial charge in [0, 0.05) is 23.6 Å². The number of aliphatic hydroxyl groups excluding tert-OH is 1. The van der Waals surface area contributed by atoms with Gasteiger partial charge >= 0.3 is 0 Å². The Kier molecular flexibility index (Phi) is 4.03. The third kappa shape index (κ3) is 2.43. The molecular weight excluding hydrogens is 252 g/mol. The molecule has 1 aliphatic rings. The van der Waals surface area contributed by atoms with Crippen molar-refractivity contribution in [1.82, 2.24) is 0 Å². The number of rotatable bonds is 2. The van der Waals surface area contributed by atoms with Crippen molar-refractivity contribution in [3.05, 3.63) is 22.2 Å². The van der Waals surface area contributed by atoms with E-state index in [0.717, 1.165) is 23.3 Å². The van der Waals surface area contributed by atoms with E-state index < -0.39 is 6.10 Å².